The van der Waals surface area contributed by atoms with Gasteiger partial charge in [0.05, 0.1) is 0 Å². The fourth-order valence-electron chi connectivity index (χ4n) is 7.67. The van der Waals surface area contributed by atoms with Crippen LogP contribution in [0.4, 0.5) is 0 Å². The van der Waals surface area contributed by atoms with Crippen molar-refractivity contribution in [2.75, 3.05) is 13.2 Å². The summed E-state index contributed by atoms with van der Waals surface area (Å²) in [7, 11) is 0. The van der Waals surface area contributed by atoms with Gasteiger partial charge in [0.2, 0.25) is 0 Å². The number of carbonyl (C=O) groups excluding carboxylic acids is 3. The molecule has 1 unspecified atom stereocenters. The molecule has 0 fully saturated rings. The second kappa shape index (κ2) is 52.0. The van der Waals surface area contributed by atoms with Gasteiger partial charge in [-0.15, -0.1) is 0 Å². The molecule has 0 N–H and O–H groups in total. The molecule has 0 amide bonds. The van der Waals surface area contributed by atoms with Crippen LogP contribution in [0.2, 0.25) is 0 Å². The average molecular weight is 883 g/mol. The van der Waals surface area contributed by atoms with Crippen LogP contribution in [-0.4, -0.2) is 37.2 Å². The van der Waals surface area contributed by atoms with Crippen molar-refractivity contribution in [1.29, 1.82) is 0 Å². The van der Waals surface area contributed by atoms with Gasteiger partial charge < -0.3 is 14.2 Å². The monoisotopic (exact) mass is 883 g/mol. The van der Waals surface area contributed by atoms with E-state index in [1.165, 1.54) is 180 Å². The van der Waals surface area contributed by atoms with E-state index >= 15 is 0 Å². The molecular formula is C57H102O6. The van der Waals surface area contributed by atoms with Crippen molar-refractivity contribution in [3.05, 3.63) is 48.6 Å². The number of unbranched alkanes of at least 4 members (excludes halogenated alkanes) is 31. The Labute approximate surface area is 390 Å². The van der Waals surface area contributed by atoms with Gasteiger partial charge in [-0.2, -0.15) is 0 Å². The van der Waals surface area contributed by atoms with E-state index in [4.69, 9.17) is 14.2 Å². The van der Waals surface area contributed by atoms with Crippen molar-refractivity contribution < 1.29 is 28.6 Å². The van der Waals surface area contributed by atoms with Crippen LogP contribution >= 0.6 is 0 Å². The van der Waals surface area contributed by atoms with E-state index < -0.39 is 6.10 Å². The molecule has 0 aliphatic carbocycles. The Balaban J connectivity index is 4.30. The molecule has 6 heteroatoms. The number of esters is 3. The summed E-state index contributed by atoms with van der Waals surface area (Å²) in [5.41, 5.74) is 0. The van der Waals surface area contributed by atoms with E-state index in [1.54, 1.807) is 0 Å². The van der Waals surface area contributed by atoms with E-state index in [0.29, 0.717) is 19.3 Å². The molecule has 6 nitrogen and oxygen atoms in total. The maximum Gasteiger partial charge on any atom is 0.306 e. The second-order valence-electron chi connectivity index (χ2n) is 18.2. The lowest BCUT2D eigenvalue weighted by atomic mass is 10.1. The van der Waals surface area contributed by atoms with Crippen LogP contribution < -0.4 is 0 Å². The highest BCUT2D eigenvalue weighted by Gasteiger charge is 2.19. The first-order valence-corrected chi connectivity index (χ1v) is 27.2. The molecule has 0 saturated heterocycles. The summed E-state index contributed by atoms with van der Waals surface area (Å²) >= 11 is 0. The lowest BCUT2D eigenvalue weighted by molar-refractivity contribution is -0.167. The van der Waals surface area contributed by atoms with Gasteiger partial charge in [0.1, 0.15) is 13.2 Å². The minimum atomic E-state index is -0.785. The van der Waals surface area contributed by atoms with Crippen molar-refractivity contribution >= 4 is 17.9 Å². The lowest BCUT2D eigenvalue weighted by Crippen LogP contribution is -2.30. The van der Waals surface area contributed by atoms with Crippen LogP contribution in [0.25, 0.3) is 0 Å². The van der Waals surface area contributed by atoms with E-state index in [2.05, 4.69) is 69.4 Å². The first-order chi connectivity index (χ1) is 31.0. The summed E-state index contributed by atoms with van der Waals surface area (Å²) in [5, 5.41) is 0. The number of ether oxygens (including phenoxy) is 3. The minimum absolute atomic E-state index is 0.0840. The molecule has 0 radical (unpaired) electrons. The van der Waals surface area contributed by atoms with Crippen molar-refractivity contribution in [1.82, 2.24) is 0 Å². The quantitative estimate of drug-likeness (QED) is 0.0199. The average Bonchev–Trinajstić information content (AvgIpc) is 3.28. The summed E-state index contributed by atoms with van der Waals surface area (Å²) in [6, 6.07) is 0. The summed E-state index contributed by atoms with van der Waals surface area (Å²) < 4.78 is 16.8. The highest BCUT2D eigenvalue weighted by Crippen LogP contribution is 2.15. The van der Waals surface area contributed by atoms with Crippen molar-refractivity contribution in [2.45, 2.75) is 284 Å². The summed E-state index contributed by atoms with van der Waals surface area (Å²) in [4.78, 5) is 37.9. The molecule has 1 atom stereocenters. The number of hydrogen-bond donors (Lipinski definition) is 0. The summed E-state index contributed by atoms with van der Waals surface area (Å²) in [6.45, 7) is 6.56. The Hall–Kier alpha value is -2.63. The number of hydrogen-bond acceptors (Lipinski definition) is 6. The zero-order chi connectivity index (χ0) is 45.8. The minimum Gasteiger partial charge on any atom is -0.462 e. The van der Waals surface area contributed by atoms with Crippen molar-refractivity contribution in [2.24, 2.45) is 0 Å². The van der Waals surface area contributed by atoms with E-state index in [9.17, 15) is 14.4 Å². The van der Waals surface area contributed by atoms with Gasteiger partial charge in [-0.3, -0.25) is 14.4 Å². The van der Waals surface area contributed by atoms with Gasteiger partial charge in [-0.05, 0) is 89.9 Å². The summed E-state index contributed by atoms with van der Waals surface area (Å²) in [6.07, 6.45) is 62.5. The van der Waals surface area contributed by atoms with Gasteiger partial charge >= 0.3 is 17.9 Å². The normalized spacial score (nSPS) is 12.4. The van der Waals surface area contributed by atoms with E-state index in [-0.39, 0.29) is 31.1 Å². The van der Waals surface area contributed by atoms with Crippen LogP contribution in [-0.2, 0) is 28.6 Å². The molecule has 366 valence electrons. The van der Waals surface area contributed by atoms with Gasteiger partial charge in [-0.1, -0.05) is 217 Å². The number of allylic oxidation sites excluding steroid dienone is 8. The van der Waals surface area contributed by atoms with Crippen molar-refractivity contribution in [3.8, 4) is 0 Å². The molecule has 0 aromatic heterocycles. The third-order valence-electron chi connectivity index (χ3n) is 11.8. The zero-order valence-electron chi connectivity index (χ0n) is 41.8. The van der Waals surface area contributed by atoms with Crippen LogP contribution in [0, 0.1) is 0 Å². The van der Waals surface area contributed by atoms with E-state index in [0.717, 1.165) is 57.8 Å². The third-order valence-corrected chi connectivity index (χ3v) is 11.8. The predicted molar refractivity (Wildman–Crippen MR) is 270 cm³/mol. The number of rotatable bonds is 49. The van der Waals surface area contributed by atoms with Gasteiger partial charge in [0.15, 0.2) is 6.10 Å². The molecule has 0 spiro atoms. The Morgan fingerprint density at radius 3 is 1.00 bits per heavy atom. The van der Waals surface area contributed by atoms with Crippen LogP contribution in [0.15, 0.2) is 48.6 Å². The highest BCUT2D eigenvalue weighted by atomic mass is 16.6. The smallest absolute Gasteiger partial charge is 0.306 e. The van der Waals surface area contributed by atoms with Crippen LogP contribution in [0.3, 0.4) is 0 Å². The SMILES string of the molecule is CCCCC/C=C\C=C/CCCCCCCCCCCCC(=O)OCC(COC(=O)CCC/C=C\CCCCCC)OC(=O)CCCCCCCCC/C=C\CCCCCCCC. The van der Waals surface area contributed by atoms with Gasteiger partial charge in [-0.25, -0.2) is 0 Å². The number of carbonyl (C=O) groups is 3. The highest BCUT2D eigenvalue weighted by molar-refractivity contribution is 5.71. The van der Waals surface area contributed by atoms with Gasteiger partial charge in [0, 0.05) is 19.3 Å². The molecule has 0 aliphatic heterocycles. The second-order valence-corrected chi connectivity index (χ2v) is 18.2. The van der Waals surface area contributed by atoms with Crippen LogP contribution in [0.1, 0.15) is 278 Å². The fraction of sp³-hybridized carbons (Fsp3) is 0.807. The molecule has 0 rings (SSSR count). The van der Waals surface area contributed by atoms with Crippen LogP contribution in [0.5, 0.6) is 0 Å². The molecule has 0 aromatic carbocycles. The zero-order valence-corrected chi connectivity index (χ0v) is 41.8. The standard InChI is InChI=1S/C57H102O6/c1-4-7-10-13-16-19-21-23-25-27-28-30-31-33-35-38-41-44-47-50-56(59)62-53-54(52-61-55(58)49-46-43-40-37-18-15-12-9-6-3)63-57(60)51-48-45-42-39-36-34-32-29-26-24-22-20-17-14-11-8-5-2/h16,19,21,23-24,26,37,40,54H,4-15,17-18,20,22,25,27-36,38-39,41-53H2,1-3H3/b19-16-,23-21-,26-24-,40-37-. The molecule has 0 aromatic rings. The molecular weight excluding hydrogens is 781 g/mol. The molecule has 0 saturated carbocycles. The predicted octanol–water partition coefficient (Wildman–Crippen LogP) is 17.9. The van der Waals surface area contributed by atoms with Gasteiger partial charge in [0.25, 0.3) is 0 Å². The summed E-state index contributed by atoms with van der Waals surface area (Å²) in [5.74, 6) is -0.921. The fourth-order valence-corrected chi connectivity index (χ4v) is 7.67. The maximum atomic E-state index is 12.8. The third kappa shape index (κ3) is 50.2. The Kier molecular flexibility index (Phi) is 49.8. The maximum absolute atomic E-state index is 12.8. The first kappa shape index (κ1) is 60.4. The largest absolute Gasteiger partial charge is 0.462 e. The molecule has 0 heterocycles. The van der Waals surface area contributed by atoms with Crippen molar-refractivity contribution in [3.63, 3.8) is 0 Å². The Morgan fingerprint density at radius 1 is 0.317 bits per heavy atom. The topological polar surface area (TPSA) is 78.9 Å². The Bertz CT molecular complexity index is 1110. The lowest BCUT2D eigenvalue weighted by Gasteiger charge is -2.18. The van der Waals surface area contributed by atoms with E-state index in [1.807, 2.05) is 0 Å². The first-order valence-electron chi connectivity index (χ1n) is 27.2. The molecule has 0 bridgehead atoms. The molecule has 0 aliphatic rings. The molecule has 63 heavy (non-hydrogen) atoms. The Morgan fingerprint density at radius 2 is 0.587 bits per heavy atom.